The summed E-state index contributed by atoms with van der Waals surface area (Å²) in [6, 6.07) is -0.705. The van der Waals surface area contributed by atoms with Crippen LogP contribution in [0.2, 0.25) is 0 Å². The lowest BCUT2D eigenvalue weighted by Gasteiger charge is -2.36. The number of amides is 6. The fraction of sp³-hybridized carbons (Fsp3) is 0.500. The Morgan fingerprint density at radius 3 is 1.83 bits per heavy atom. The minimum atomic E-state index is -4.83. The first-order valence-electron chi connectivity index (χ1n) is 19.2. The smallest absolute Gasteiger partial charge is 0.391 e. The number of thiophene rings is 1. The average molecular weight is 913 g/mol. The SMILES string of the molecule is Cc1ccccc1C[C@H](NC(=O)[C@H](CCC(=O)O)NC(=O)[C@H](CC(=O)O)NC(=O)CCC(=O)O)C(=O)N[C@H](C(=O)N[C@@](C)(C(=O)NC(C=O)CC(F)(F)F)c1ccsc1)C(C)(C)C. The highest BCUT2D eigenvalue weighted by molar-refractivity contribution is 7.08. The van der Waals surface area contributed by atoms with E-state index in [1.165, 1.54) is 44.5 Å². The maximum atomic E-state index is 14.3. The van der Waals surface area contributed by atoms with Crippen LogP contribution in [-0.2, 0) is 59.9 Å². The minimum absolute atomic E-state index is 0.0999. The highest BCUT2D eigenvalue weighted by Gasteiger charge is 2.44. The van der Waals surface area contributed by atoms with Crippen LogP contribution < -0.4 is 31.9 Å². The quantitative estimate of drug-likeness (QED) is 0.0675. The Kier molecular flexibility index (Phi) is 19.4. The van der Waals surface area contributed by atoms with Gasteiger partial charge in [-0.2, -0.15) is 24.5 Å². The zero-order chi connectivity index (χ0) is 47.9. The van der Waals surface area contributed by atoms with Crippen molar-refractivity contribution in [3.8, 4) is 0 Å². The van der Waals surface area contributed by atoms with Crippen LogP contribution in [0.25, 0.3) is 0 Å². The molecule has 6 atom stereocenters. The summed E-state index contributed by atoms with van der Waals surface area (Å²) in [5.41, 5.74) is -2.00. The summed E-state index contributed by atoms with van der Waals surface area (Å²) >= 11 is 1.09. The maximum absolute atomic E-state index is 14.3. The summed E-state index contributed by atoms with van der Waals surface area (Å²) in [5, 5.41) is 44.5. The number of carbonyl (C=O) groups is 10. The molecule has 9 N–H and O–H groups in total. The summed E-state index contributed by atoms with van der Waals surface area (Å²) in [7, 11) is 0. The Bertz CT molecular complexity index is 2010. The van der Waals surface area contributed by atoms with E-state index < -0.39 is 139 Å². The van der Waals surface area contributed by atoms with E-state index in [2.05, 4.69) is 26.6 Å². The fourth-order valence-corrected chi connectivity index (χ4v) is 6.73. The molecule has 2 rings (SSSR count). The second kappa shape index (κ2) is 23.2. The monoisotopic (exact) mass is 912 g/mol. The molecule has 346 valence electrons. The van der Waals surface area contributed by atoms with Gasteiger partial charge in [-0.05, 0) is 59.2 Å². The molecule has 0 aliphatic heterocycles. The van der Waals surface area contributed by atoms with Crippen LogP contribution in [0, 0.1) is 12.3 Å². The van der Waals surface area contributed by atoms with Crippen LogP contribution in [0.4, 0.5) is 13.2 Å². The maximum Gasteiger partial charge on any atom is 0.391 e. The largest absolute Gasteiger partial charge is 0.481 e. The molecule has 1 heterocycles. The predicted molar refractivity (Wildman–Crippen MR) is 217 cm³/mol. The van der Waals surface area contributed by atoms with Gasteiger partial charge in [0.25, 0.3) is 5.91 Å². The fourth-order valence-electron chi connectivity index (χ4n) is 5.96. The predicted octanol–water partition coefficient (Wildman–Crippen LogP) is 1.46. The lowest BCUT2D eigenvalue weighted by atomic mass is 9.84. The molecule has 0 saturated heterocycles. The van der Waals surface area contributed by atoms with Crippen molar-refractivity contribution in [2.75, 3.05) is 0 Å². The van der Waals surface area contributed by atoms with Crippen molar-refractivity contribution in [3.05, 3.63) is 57.8 Å². The first-order valence-corrected chi connectivity index (χ1v) is 20.2. The van der Waals surface area contributed by atoms with Crippen LogP contribution in [0.3, 0.4) is 0 Å². The van der Waals surface area contributed by atoms with Gasteiger partial charge in [-0.3, -0.25) is 43.2 Å². The lowest BCUT2D eigenvalue weighted by Crippen LogP contribution is -2.64. The first-order chi connectivity index (χ1) is 29.2. The van der Waals surface area contributed by atoms with Crippen LogP contribution in [-0.4, -0.2) is 111 Å². The number of carboxylic acids is 3. The highest BCUT2D eigenvalue weighted by atomic mass is 32.1. The molecule has 1 unspecified atom stereocenters. The van der Waals surface area contributed by atoms with Gasteiger partial charge in [0.05, 0.1) is 25.3 Å². The molecule has 0 aliphatic rings. The van der Waals surface area contributed by atoms with Crippen LogP contribution in [0.5, 0.6) is 0 Å². The third-order valence-electron chi connectivity index (χ3n) is 9.47. The van der Waals surface area contributed by atoms with E-state index in [9.17, 15) is 71.3 Å². The molecule has 0 aliphatic carbocycles. The van der Waals surface area contributed by atoms with Gasteiger partial charge < -0.3 is 52.0 Å². The molecule has 0 radical (unpaired) electrons. The van der Waals surface area contributed by atoms with Gasteiger partial charge in [0, 0.05) is 19.3 Å². The van der Waals surface area contributed by atoms with Gasteiger partial charge >= 0.3 is 24.1 Å². The van der Waals surface area contributed by atoms with E-state index in [4.69, 9.17) is 5.11 Å². The number of rotatable bonds is 24. The Morgan fingerprint density at radius 2 is 1.30 bits per heavy atom. The number of halogens is 3. The standard InChI is InChI=1S/C40H51F3N6O13S/c1-21-8-6-7-9-22(21)16-26(47-33(58)25(10-12-29(52)53)46-34(59)27(17-31(56)57)45-28(51)11-13-30(54)55)35(60)48-32(38(2,3)4)36(61)49-39(5,23-14-15-63-20-23)37(62)44-24(19-50)18-40(41,42)43/h6-9,14-15,19-20,24-27,32H,10-13,16-18H2,1-5H3,(H,44,62)(H,45,51)(H,46,59)(H,47,58)(H,48,60)(H,49,61)(H,52,53)(H,54,55)(H,56,57)/t24?,25-,26-,27-,32+,39+/m0/s1. The van der Waals surface area contributed by atoms with E-state index in [0.29, 0.717) is 11.1 Å². The Hall–Kier alpha value is -6.39. The summed E-state index contributed by atoms with van der Waals surface area (Å²) in [6.45, 7) is 7.48. The van der Waals surface area contributed by atoms with Gasteiger partial charge in [0.15, 0.2) is 0 Å². The van der Waals surface area contributed by atoms with E-state index in [0.717, 1.165) is 11.3 Å². The van der Waals surface area contributed by atoms with E-state index in [1.807, 2.05) is 5.32 Å². The molecule has 0 saturated carbocycles. The average Bonchev–Trinajstić information content (AvgIpc) is 3.72. The summed E-state index contributed by atoms with van der Waals surface area (Å²) < 4.78 is 39.5. The topological polar surface area (TPSA) is 304 Å². The van der Waals surface area contributed by atoms with Crippen LogP contribution in [0.15, 0.2) is 41.1 Å². The van der Waals surface area contributed by atoms with E-state index >= 15 is 0 Å². The number of aliphatic carboxylic acids is 3. The Labute approximate surface area is 363 Å². The first kappa shape index (κ1) is 52.7. The van der Waals surface area contributed by atoms with Crippen LogP contribution in [0.1, 0.15) is 82.9 Å². The zero-order valence-electron chi connectivity index (χ0n) is 34.9. The van der Waals surface area contributed by atoms with Crippen molar-refractivity contribution in [1.82, 2.24) is 31.9 Å². The number of carbonyl (C=O) groups excluding carboxylic acids is 7. The van der Waals surface area contributed by atoms with Crippen molar-refractivity contribution in [1.29, 1.82) is 0 Å². The molecule has 0 bridgehead atoms. The molecule has 23 heteroatoms. The van der Waals surface area contributed by atoms with Gasteiger partial charge in [0.2, 0.25) is 29.5 Å². The van der Waals surface area contributed by atoms with Crippen molar-refractivity contribution in [2.24, 2.45) is 5.41 Å². The number of hydrogen-bond donors (Lipinski definition) is 9. The van der Waals surface area contributed by atoms with Crippen molar-refractivity contribution >= 4 is 71.0 Å². The Morgan fingerprint density at radius 1 is 0.714 bits per heavy atom. The van der Waals surface area contributed by atoms with Gasteiger partial charge in [-0.15, -0.1) is 0 Å². The number of alkyl halides is 3. The Balaban J connectivity index is 2.54. The molecule has 1 aromatic heterocycles. The summed E-state index contributed by atoms with van der Waals surface area (Å²) in [4.78, 5) is 127. The molecule has 6 amide bonds. The molecular formula is C40H51F3N6O13S. The van der Waals surface area contributed by atoms with Crippen molar-refractivity contribution < 1.29 is 76.4 Å². The van der Waals surface area contributed by atoms with Gasteiger partial charge in [-0.25, -0.2) is 0 Å². The van der Waals surface area contributed by atoms with E-state index in [1.54, 1.807) is 31.2 Å². The number of hydrogen-bond acceptors (Lipinski definition) is 11. The number of aryl methyl sites for hydroxylation is 1. The van der Waals surface area contributed by atoms with Crippen molar-refractivity contribution in [3.63, 3.8) is 0 Å². The molecule has 0 spiro atoms. The molecule has 1 aromatic carbocycles. The van der Waals surface area contributed by atoms with Gasteiger partial charge in [-0.1, -0.05) is 45.0 Å². The third kappa shape index (κ3) is 17.5. The highest BCUT2D eigenvalue weighted by Crippen LogP contribution is 2.28. The van der Waals surface area contributed by atoms with E-state index in [-0.39, 0.29) is 18.3 Å². The normalized spacial score (nSPS) is 14.8. The van der Waals surface area contributed by atoms with Gasteiger partial charge in [0.1, 0.15) is 36.0 Å². The minimum Gasteiger partial charge on any atom is -0.481 e. The second-order valence-corrected chi connectivity index (χ2v) is 16.5. The number of aldehydes is 1. The molecule has 2 aromatic rings. The summed E-state index contributed by atoms with van der Waals surface area (Å²) in [5.74, 6) is -11.0. The third-order valence-corrected chi connectivity index (χ3v) is 10.2. The molecular weight excluding hydrogens is 862 g/mol. The summed E-state index contributed by atoms with van der Waals surface area (Å²) in [6.07, 6.45) is -10.5. The lowest BCUT2D eigenvalue weighted by molar-refractivity contribution is -0.148. The molecule has 19 nitrogen and oxygen atoms in total. The molecule has 0 fully saturated rings. The van der Waals surface area contributed by atoms with Crippen LogP contribution >= 0.6 is 11.3 Å². The second-order valence-electron chi connectivity index (χ2n) is 15.8. The van der Waals surface area contributed by atoms with Crippen molar-refractivity contribution in [2.45, 2.75) is 121 Å². The molecule has 63 heavy (non-hydrogen) atoms. The zero-order valence-corrected chi connectivity index (χ0v) is 35.7. The number of nitrogens with one attached hydrogen (secondary N) is 6. The number of carboxylic acid groups (broad SMARTS) is 3. The number of benzene rings is 1.